The molecule has 0 heterocycles. The predicted molar refractivity (Wildman–Crippen MR) is 66.0 cm³/mol. The van der Waals surface area contributed by atoms with Gasteiger partial charge in [0.15, 0.2) is 0 Å². The molecule has 0 spiro atoms. The Bertz CT molecular complexity index is 384. The second-order valence-electron chi connectivity index (χ2n) is 3.31. The Morgan fingerprint density at radius 1 is 1.41 bits per heavy atom. The molecular weight excluding hydrogens is 246 g/mol. The van der Waals surface area contributed by atoms with Gasteiger partial charge in [-0.05, 0) is 18.2 Å². The van der Waals surface area contributed by atoms with Crippen molar-refractivity contribution in [2.24, 2.45) is 5.73 Å². The molecule has 0 radical (unpaired) electrons. The molecule has 0 aliphatic heterocycles. The molecule has 3 N–H and O–H groups in total. The first kappa shape index (κ1) is 15.5. The molecule has 1 unspecified atom stereocenters. The molecule has 0 amide bonds. The van der Waals surface area contributed by atoms with Gasteiger partial charge in [-0.1, -0.05) is 0 Å². The van der Waals surface area contributed by atoms with Crippen molar-refractivity contribution in [2.75, 3.05) is 14.2 Å². The highest BCUT2D eigenvalue weighted by Gasteiger charge is 2.16. The second kappa shape index (κ2) is 6.98. The Morgan fingerprint density at radius 2 is 2.06 bits per heavy atom. The topological polar surface area (TPSA) is 81.8 Å². The standard InChI is InChI=1S/C11H15NO4.ClH/c1-15-7-3-4-10(16-2)8(5-7)9(12)6-11(13)14;/h3-5,9H,6,12H2,1-2H3,(H,13,14);1H. The van der Waals surface area contributed by atoms with Crippen molar-refractivity contribution in [3.8, 4) is 11.5 Å². The molecule has 0 saturated carbocycles. The summed E-state index contributed by atoms with van der Waals surface area (Å²) in [4.78, 5) is 10.6. The van der Waals surface area contributed by atoms with Crippen molar-refractivity contribution in [3.05, 3.63) is 23.8 Å². The van der Waals surface area contributed by atoms with Gasteiger partial charge in [0.1, 0.15) is 11.5 Å². The maximum Gasteiger partial charge on any atom is 0.305 e. The van der Waals surface area contributed by atoms with E-state index in [1.165, 1.54) is 14.2 Å². The zero-order valence-corrected chi connectivity index (χ0v) is 10.5. The number of hydrogen-bond acceptors (Lipinski definition) is 4. The number of rotatable bonds is 5. The zero-order valence-electron chi connectivity index (χ0n) is 9.67. The van der Waals surface area contributed by atoms with Gasteiger partial charge in [0.25, 0.3) is 0 Å². The van der Waals surface area contributed by atoms with Gasteiger partial charge in [-0.15, -0.1) is 12.4 Å². The number of ether oxygens (including phenoxy) is 2. The number of nitrogens with two attached hydrogens (primary N) is 1. The van der Waals surface area contributed by atoms with Crippen LogP contribution in [0.15, 0.2) is 18.2 Å². The largest absolute Gasteiger partial charge is 0.497 e. The molecular formula is C11H16ClNO4. The minimum absolute atomic E-state index is 0. The number of methoxy groups -OCH3 is 2. The normalized spacial score (nSPS) is 11.2. The van der Waals surface area contributed by atoms with Crippen molar-refractivity contribution >= 4 is 18.4 Å². The number of carboxylic acids is 1. The first-order chi connectivity index (χ1) is 7.58. The lowest BCUT2D eigenvalue weighted by atomic mass is 10.0. The fraction of sp³-hybridized carbons (Fsp3) is 0.364. The fourth-order valence-corrected chi connectivity index (χ4v) is 1.43. The van der Waals surface area contributed by atoms with Crippen LogP contribution in [0.5, 0.6) is 11.5 Å². The van der Waals surface area contributed by atoms with Gasteiger partial charge >= 0.3 is 5.97 Å². The van der Waals surface area contributed by atoms with E-state index in [9.17, 15) is 4.79 Å². The van der Waals surface area contributed by atoms with Gasteiger partial charge in [-0.2, -0.15) is 0 Å². The van der Waals surface area contributed by atoms with Gasteiger partial charge in [0.2, 0.25) is 0 Å². The molecule has 1 rings (SSSR count). The third kappa shape index (κ3) is 4.13. The van der Waals surface area contributed by atoms with Crippen molar-refractivity contribution in [1.29, 1.82) is 0 Å². The highest BCUT2D eigenvalue weighted by molar-refractivity contribution is 5.85. The molecule has 0 bridgehead atoms. The molecule has 0 fully saturated rings. The van der Waals surface area contributed by atoms with Crippen LogP contribution in [0.2, 0.25) is 0 Å². The highest BCUT2D eigenvalue weighted by atomic mass is 35.5. The number of benzene rings is 1. The summed E-state index contributed by atoms with van der Waals surface area (Å²) in [5.41, 5.74) is 6.41. The fourth-order valence-electron chi connectivity index (χ4n) is 1.43. The van der Waals surface area contributed by atoms with Crippen LogP contribution in [0.1, 0.15) is 18.0 Å². The molecule has 1 aromatic rings. The maximum absolute atomic E-state index is 10.6. The van der Waals surface area contributed by atoms with E-state index in [1.807, 2.05) is 0 Å². The molecule has 5 nitrogen and oxygen atoms in total. The van der Waals surface area contributed by atoms with E-state index in [1.54, 1.807) is 18.2 Å². The Labute approximate surface area is 106 Å². The van der Waals surface area contributed by atoms with Crippen LogP contribution < -0.4 is 15.2 Å². The Kier molecular flexibility index (Phi) is 6.38. The van der Waals surface area contributed by atoms with Gasteiger partial charge in [0.05, 0.1) is 20.6 Å². The molecule has 1 atom stereocenters. The van der Waals surface area contributed by atoms with E-state index in [0.717, 1.165) is 0 Å². The molecule has 1 aromatic carbocycles. The molecule has 0 saturated heterocycles. The summed E-state index contributed by atoms with van der Waals surface area (Å²) in [5.74, 6) is 0.239. The van der Waals surface area contributed by atoms with Gasteiger partial charge < -0.3 is 20.3 Å². The lowest BCUT2D eigenvalue weighted by molar-refractivity contribution is -0.137. The lowest BCUT2D eigenvalue weighted by Crippen LogP contribution is -2.16. The van der Waals surface area contributed by atoms with Crippen molar-refractivity contribution in [1.82, 2.24) is 0 Å². The average molecular weight is 262 g/mol. The number of hydrogen-bond donors (Lipinski definition) is 2. The quantitative estimate of drug-likeness (QED) is 0.841. The van der Waals surface area contributed by atoms with Crippen LogP contribution in [0.4, 0.5) is 0 Å². The van der Waals surface area contributed by atoms with Crippen molar-refractivity contribution in [3.63, 3.8) is 0 Å². The summed E-state index contributed by atoms with van der Waals surface area (Å²) in [6.45, 7) is 0. The third-order valence-electron chi connectivity index (χ3n) is 2.23. The minimum atomic E-state index is -0.947. The summed E-state index contributed by atoms with van der Waals surface area (Å²) >= 11 is 0. The summed E-state index contributed by atoms with van der Waals surface area (Å²) in [6, 6.07) is 4.51. The monoisotopic (exact) mass is 261 g/mol. The minimum Gasteiger partial charge on any atom is -0.497 e. The summed E-state index contributed by atoms with van der Waals surface area (Å²) in [6.07, 6.45) is -0.149. The van der Waals surface area contributed by atoms with E-state index in [2.05, 4.69) is 0 Å². The first-order valence-electron chi connectivity index (χ1n) is 4.77. The molecule has 96 valence electrons. The SMILES string of the molecule is COc1ccc(OC)c(C(N)CC(=O)O)c1.Cl. The average Bonchev–Trinajstić information content (AvgIpc) is 2.27. The molecule has 0 aliphatic carbocycles. The first-order valence-corrected chi connectivity index (χ1v) is 4.77. The number of carbonyl (C=O) groups is 1. The lowest BCUT2D eigenvalue weighted by Gasteiger charge is -2.15. The van der Waals surface area contributed by atoms with E-state index >= 15 is 0 Å². The maximum atomic E-state index is 10.6. The Balaban J connectivity index is 0.00000256. The Hall–Kier alpha value is -1.46. The van der Waals surface area contributed by atoms with Crippen LogP contribution in [-0.2, 0) is 4.79 Å². The second-order valence-corrected chi connectivity index (χ2v) is 3.31. The Morgan fingerprint density at radius 3 is 2.53 bits per heavy atom. The van der Waals surface area contributed by atoms with E-state index in [0.29, 0.717) is 17.1 Å². The van der Waals surface area contributed by atoms with Gasteiger partial charge in [0, 0.05) is 11.6 Å². The van der Waals surface area contributed by atoms with Crippen LogP contribution in [0.3, 0.4) is 0 Å². The number of aliphatic carboxylic acids is 1. The predicted octanol–water partition coefficient (Wildman–Crippen LogP) is 1.60. The molecule has 0 aliphatic rings. The van der Waals surface area contributed by atoms with Crippen molar-refractivity contribution in [2.45, 2.75) is 12.5 Å². The van der Waals surface area contributed by atoms with Gasteiger partial charge in [-0.3, -0.25) is 4.79 Å². The molecule has 6 heteroatoms. The van der Waals surface area contributed by atoms with E-state index in [4.69, 9.17) is 20.3 Å². The third-order valence-corrected chi connectivity index (χ3v) is 2.23. The van der Waals surface area contributed by atoms with E-state index < -0.39 is 12.0 Å². The summed E-state index contributed by atoms with van der Waals surface area (Å²) in [5, 5.41) is 8.68. The molecule has 0 aromatic heterocycles. The smallest absolute Gasteiger partial charge is 0.305 e. The van der Waals surface area contributed by atoms with Gasteiger partial charge in [-0.25, -0.2) is 0 Å². The molecule has 17 heavy (non-hydrogen) atoms. The van der Waals surface area contributed by atoms with Crippen LogP contribution >= 0.6 is 12.4 Å². The summed E-state index contributed by atoms with van der Waals surface area (Å²) in [7, 11) is 3.05. The van der Waals surface area contributed by atoms with Crippen LogP contribution in [0, 0.1) is 0 Å². The van der Waals surface area contributed by atoms with E-state index in [-0.39, 0.29) is 18.8 Å². The van der Waals surface area contributed by atoms with Crippen LogP contribution in [-0.4, -0.2) is 25.3 Å². The zero-order chi connectivity index (χ0) is 12.1. The number of halogens is 1. The van der Waals surface area contributed by atoms with Crippen molar-refractivity contribution < 1.29 is 19.4 Å². The highest BCUT2D eigenvalue weighted by Crippen LogP contribution is 2.29. The van der Waals surface area contributed by atoms with Crippen LogP contribution in [0.25, 0.3) is 0 Å². The number of carboxylic acid groups (broad SMARTS) is 1. The summed E-state index contributed by atoms with van der Waals surface area (Å²) < 4.78 is 10.2.